The van der Waals surface area contributed by atoms with Crippen molar-refractivity contribution in [1.29, 1.82) is 5.41 Å². The quantitative estimate of drug-likeness (QED) is 0.247. The lowest BCUT2D eigenvalue weighted by Crippen LogP contribution is -2.59. The largest absolute Gasteiger partial charge is 0.480 e. The molecule has 1 atom stereocenters. The molecule has 0 aliphatic carbocycles. The average molecular weight is 561 g/mol. The van der Waals surface area contributed by atoms with E-state index < -0.39 is 34.5 Å². The first-order valence-corrected chi connectivity index (χ1v) is 13.9. The summed E-state index contributed by atoms with van der Waals surface area (Å²) in [6.45, 7) is 3.35. The van der Waals surface area contributed by atoms with Crippen molar-refractivity contribution < 1.29 is 23.1 Å². The molecule has 0 spiro atoms. The summed E-state index contributed by atoms with van der Waals surface area (Å²) in [4.78, 5) is 28.0. The Labute approximate surface area is 223 Å². The van der Waals surface area contributed by atoms with Gasteiger partial charge in [0.15, 0.2) is 0 Å². The van der Waals surface area contributed by atoms with Crippen LogP contribution in [0.15, 0.2) is 65.4 Å². The molecule has 1 aliphatic rings. The van der Waals surface area contributed by atoms with Gasteiger partial charge in [-0.15, -0.1) is 17.9 Å². The molecule has 0 saturated carbocycles. The van der Waals surface area contributed by atoms with Crippen molar-refractivity contribution in [2.45, 2.75) is 16.8 Å². The van der Waals surface area contributed by atoms with Gasteiger partial charge in [-0.05, 0) is 29.1 Å². The van der Waals surface area contributed by atoms with Gasteiger partial charge in [0.25, 0.3) is 10.0 Å². The zero-order valence-electron chi connectivity index (χ0n) is 19.9. The monoisotopic (exact) mass is 560 g/mol. The molecule has 2 aromatic carbocycles. The molecular weight excluding hydrogens is 536 g/mol. The maximum absolute atomic E-state index is 13.3. The predicted octanol–water partition coefficient (Wildman–Crippen LogP) is 3.48. The lowest BCUT2D eigenvalue weighted by atomic mass is 10.1. The molecule has 9 nitrogen and oxygen atoms in total. The third-order valence-corrected chi connectivity index (χ3v) is 9.68. The summed E-state index contributed by atoms with van der Waals surface area (Å²) >= 11 is 7.03. The number of thiophene rings is 1. The Hall–Kier alpha value is -3.25. The van der Waals surface area contributed by atoms with Crippen LogP contribution < -0.4 is 0 Å². The van der Waals surface area contributed by atoms with Crippen LogP contribution in [0.1, 0.15) is 11.1 Å². The molecule has 1 amide bonds. The minimum atomic E-state index is -4.10. The first-order valence-electron chi connectivity index (χ1n) is 11.2. The number of amidine groups is 1. The number of hydrogen-bond acceptors (Lipinski definition) is 6. The van der Waals surface area contributed by atoms with Gasteiger partial charge in [-0.25, -0.2) is 13.2 Å². The van der Waals surface area contributed by atoms with Crippen LogP contribution in [0.25, 0.3) is 10.1 Å². The topological polar surface area (TPSA) is 122 Å². The number of likely N-dealkylation sites (N-methyl/N-ethyl adjacent to an activating group) is 1. The van der Waals surface area contributed by atoms with Crippen molar-refractivity contribution in [3.05, 3.63) is 77.3 Å². The number of carbonyl (C=O) groups excluding carboxylic acids is 1. The van der Waals surface area contributed by atoms with E-state index >= 15 is 0 Å². The average Bonchev–Trinajstić information content (AvgIpc) is 3.29. The van der Waals surface area contributed by atoms with Crippen molar-refractivity contribution in [2.75, 3.05) is 26.7 Å². The van der Waals surface area contributed by atoms with Crippen molar-refractivity contribution in [1.82, 2.24) is 14.1 Å². The second-order valence-electron chi connectivity index (χ2n) is 8.64. The van der Waals surface area contributed by atoms with Gasteiger partial charge >= 0.3 is 5.97 Å². The highest BCUT2D eigenvalue weighted by Crippen LogP contribution is 2.33. The zero-order chi connectivity index (χ0) is 26.9. The maximum Gasteiger partial charge on any atom is 0.327 e. The van der Waals surface area contributed by atoms with E-state index in [0.717, 1.165) is 15.6 Å². The first kappa shape index (κ1) is 26.8. The van der Waals surface area contributed by atoms with Gasteiger partial charge in [-0.1, -0.05) is 48.0 Å². The lowest BCUT2D eigenvalue weighted by molar-refractivity contribution is -0.154. The second kappa shape index (κ2) is 10.6. The highest BCUT2D eigenvalue weighted by Gasteiger charge is 2.42. The lowest BCUT2D eigenvalue weighted by Gasteiger charge is -2.38. The molecule has 2 heterocycles. The van der Waals surface area contributed by atoms with Crippen LogP contribution in [-0.4, -0.2) is 78.1 Å². The number of amides is 1. The number of hydrogen-bond donors (Lipinski definition) is 2. The van der Waals surface area contributed by atoms with E-state index in [1.165, 1.54) is 11.0 Å². The van der Waals surface area contributed by atoms with E-state index in [9.17, 15) is 23.1 Å². The third-order valence-electron chi connectivity index (χ3n) is 6.09. The number of carboxylic acid groups (broad SMARTS) is 1. The highest BCUT2D eigenvalue weighted by atomic mass is 35.5. The fraction of sp³-hybridized carbons (Fsp3) is 0.240. The number of sulfonamides is 1. The van der Waals surface area contributed by atoms with Gasteiger partial charge in [0.05, 0.1) is 6.54 Å². The van der Waals surface area contributed by atoms with Crippen molar-refractivity contribution in [3.8, 4) is 0 Å². The standard InChI is InChI=1S/C25H25ClN4O5S2/c1-3-10-28(2)24(27)17-6-4-16(5-7-17)13-30-20(25(32)33)14-29(15-22(30)31)37(34,35)23-11-18-8-9-19(26)12-21(18)36-23/h3-9,11-12,20,27H,1,10,13-15H2,2H3,(H,32,33)/t20-/m1/s1. The number of aliphatic carboxylic acids is 1. The van der Waals surface area contributed by atoms with Crippen LogP contribution in [0.5, 0.6) is 0 Å². The zero-order valence-corrected chi connectivity index (χ0v) is 22.3. The summed E-state index contributed by atoms with van der Waals surface area (Å²) in [6.07, 6.45) is 1.69. The van der Waals surface area contributed by atoms with E-state index in [1.807, 2.05) is 0 Å². The fourth-order valence-corrected chi connectivity index (χ4v) is 7.29. The van der Waals surface area contributed by atoms with E-state index in [1.54, 1.807) is 60.5 Å². The minimum absolute atomic E-state index is 0.00118. The second-order valence-corrected chi connectivity index (χ2v) is 12.3. The molecule has 1 fully saturated rings. The third kappa shape index (κ3) is 5.54. The molecule has 4 rings (SSSR count). The number of nitrogens with zero attached hydrogens (tertiary/aromatic N) is 3. The number of carboxylic acids is 1. The van der Waals surface area contributed by atoms with Crippen LogP contribution >= 0.6 is 22.9 Å². The smallest absolute Gasteiger partial charge is 0.327 e. The van der Waals surface area contributed by atoms with Gasteiger partial charge in [0.1, 0.15) is 16.1 Å². The number of nitrogens with one attached hydrogen (secondary N) is 1. The number of benzene rings is 2. The van der Waals surface area contributed by atoms with Crippen molar-refractivity contribution in [2.24, 2.45) is 0 Å². The maximum atomic E-state index is 13.3. The fourth-order valence-electron chi connectivity index (χ4n) is 4.07. The summed E-state index contributed by atoms with van der Waals surface area (Å²) in [5.74, 6) is -1.59. The number of rotatable bonds is 8. The Morgan fingerprint density at radius 2 is 1.97 bits per heavy atom. The van der Waals surface area contributed by atoms with Crippen molar-refractivity contribution in [3.63, 3.8) is 0 Å². The Balaban J connectivity index is 1.53. The van der Waals surface area contributed by atoms with Crippen LogP contribution in [-0.2, 0) is 26.2 Å². The minimum Gasteiger partial charge on any atom is -0.480 e. The Morgan fingerprint density at radius 3 is 2.62 bits per heavy atom. The molecule has 0 bridgehead atoms. The highest BCUT2D eigenvalue weighted by molar-refractivity contribution is 7.91. The van der Waals surface area contributed by atoms with E-state index in [0.29, 0.717) is 38.6 Å². The van der Waals surface area contributed by atoms with Crippen LogP contribution in [0, 0.1) is 5.41 Å². The number of halogens is 1. The molecule has 3 aromatic rings. The molecule has 194 valence electrons. The molecular formula is C25H25ClN4O5S2. The summed E-state index contributed by atoms with van der Waals surface area (Å²) in [6, 6.07) is 12.1. The van der Waals surface area contributed by atoms with Gasteiger partial charge in [0.2, 0.25) is 5.91 Å². The first-order chi connectivity index (χ1) is 17.5. The van der Waals surface area contributed by atoms with E-state index in [4.69, 9.17) is 17.0 Å². The van der Waals surface area contributed by atoms with E-state index in [-0.39, 0.29) is 17.3 Å². The summed E-state index contributed by atoms with van der Waals surface area (Å²) in [5, 5.41) is 19.3. The predicted molar refractivity (Wildman–Crippen MR) is 144 cm³/mol. The van der Waals surface area contributed by atoms with Crippen LogP contribution in [0.4, 0.5) is 0 Å². The normalized spacial score (nSPS) is 16.6. The summed E-state index contributed by atoms with van der Waals surface area (Å²) < 4.78 is 28.3. The van der Waals surface area contributed by atoms with Crippen LogP contribution in [0.2, 0.25) is 5.02 Å². The van der Waals surface area contributed by atoms with Gasteiger partial charge in [0, 0.05) is 42.0 Å². The molecule has 1 saturated heterocycles. The number of fused-ring (bicyclic) bond motifs is 1. The molecule has 0 radical (unpaired) electrons. The molecule has 37 heavy (non-hydrogen) atoms. The summed E-state index contributed by atoms with van der Waals surface area (Å²) in [5.41, 5.74) is 1.33. The van der Waals surface area contributed by atoms with Crippen molar-refractivity contribution >= 4 is 60.8 Å². The van der Waals surface area contributed by atoms with Gasteiger partial charge in [-0.2, -0.15) is 4.31 Å². The van der Waals surface area contributed by atoms with E-state index in [2.05, 4.69) is 6.58 Å². The summed E-state index contributed by atoms with van der Waals surface area (Å²) in [7, 11) is -2.32. The molecule has 0 unspecified atom stereocenters. The number of carbonyl (C=O) groups is 2. The van der Waals surface area contributed by atoms with Crippen LogP contribution in [0.3, 0.4) is 0 Å². The van der Waals surface area contributed by atoms with Gasteiger partial charge in [-0.3, -0.25) is 10.2 Å². The SMILES string of the molecule is C=CCN(C)C(=N)c1ccc(CN2C(=O)CN(S(=O)(=O)c3cc4ccc(Cl)cc4s3)C[C@@H]2C(=O)O)cc1. The Kier molecular flexibility index (Phi) is 7.69. The molecule has 1 aliphatic heterocycles. The number of piperazine rings is 1. The van der Waals surface area contributed by atoms with Gasteiger partial charge < -0.3 is 14.9 Å². The Morgan fingerprint density at radius 1 is 1.27 bits per heavy atom. The molecule has 12 heteroatoms. The molecule has 2 N–H and O–H groups in total. The Bertz CT molecular complexity index is 1490. The molecule has 1 aromatic heterocycles.